The van der Waals surface area contributed by atoms with Gasteiger partial charge in [-0.15, -0.1) is 0 Å². The van der Waals surface area contributed by atoms with Gasteiger partial charge in [0.25, 0.3) is 0 Å². The van der Waals surface area contributed by atoms with E-state index in [0.29, 0.717) is 24.3 Å². The van der Waals surface area contributed by atoms with E-state index in [2.05, 4.69) is 15.9 Å². The summed E-state index contributed by atoms with van der Waals surface area (Å²) < 4.78 is 38.3. The highest BCUT2D eigenvalue weighted by Crippen LogP contribution is 2.39. The number of carbonyl (C=O) groups is 1. The summed E-state index contributed by atoms with van der Waals surface area (Å²) in [5, 5.41) is 9.07. The van der Waals surface area contributed by atoms with Gasteiger partial charge >= 0.3 is 6.18 Å². The molecule has 0 aromatic heterocycles. The number of nitriles is 1. The van der Waals surface area contributed by atoms with Crippen LogP contribution in [0.4, 0.5) is 18.9 Å². The van der Waals surface area contributed by atoms with Crippen molar-refractivity contribution in [2.45, 2.75) is 44.7 Å². The molecule has 170 valence electrons. The van der Waals surface area contributed by atoms with Crippen molar-refractivity contribution < 1.29 is 18.0 Å². The number of carbonyl (C=O) groups excluding carboxylic acids is 1. The molecule has 1 amide bonds. The smallest absolute Gasteiger partial charge is 0.369 e. The molecule has 1 aliphatic heterocycles. The number of nitrogens with two attached hydrogens (primary N) is 1. The van der Waals surface area contributed by atoms with E-state index in [1.54, 1.807) is 0 Å². The number of halogens is 3. The monoisotopic (exact) mass is 436 g/mol. The van der Waals surface area contributed by atoms with Gasteiger partial charge in [-0.3, -0.25) is 9.69 Å². The summed E-state index contributed by atoms with van der Waals surface area (Å²) in [6, 6.07) is 9.86. The molecular weight excluding hydrogens is 405 g/mol. The zero-order valence-electron chi connectivity index (χ0n) is 17.8. The largest absolute Gasteiger partial charge is 0.389 e. The maximum atomic E-state index is 12.8. The highest BCUT2D eigenvalue weighted by Gasteiger charge is 2.39. The number of amides is 1. The Bertz CT molecular complexity index is 776. The summed E-state index contributed by atoms with van der Waals surface area (Å²) in [6.45, 7) is 4.74. The number of nitrogens with zero attached hydrogens (tertiary/aromatic N) is 3. The van der Waals surface area contributed by atoms with Gasteiger partial charge in [0.05, 0.1) is 18.1 Å². The van der Waals surface area contributed by atoms with Gasteiger partial charge in [0.15, 0.2) is 0 Å². The van der Waals surface area contributed by atoms with Crippen LogP contribution in [0.25, 0.3) is 0 Å². The Morgan fingerprint density at radius 1 is 1.16 bits per heavy atom. The van der Waals surface area contributed by atoms with Crippen molar-refractivity contribution in [2.24, 2.45) is 23.5 Å². The molecule has 1 aliphatic carbocycles. The molecule has 1 saturated carbocycles. The number of rotatable bonds is 7. The van der Waals surface area contributed by atoms with E-state index in [1.165, 1.54) is 0 Å². The van der Waals surface area contributed by atoms with Gasteiger partial charge < -0.3 is 10.6 Å². The topological polar surface area (TPSA) is 73.4 Å². The zero-order chi connectivity index (χ0) is 22.4. The third-order valence-corrected chi connectivity index (χ3v) is 6.84. The van der Waals surface area contributed by atoms with E-state index in [4.69, 9.17) is 11.0 Å². The lowest BCUT2D eigenvalue weighted by Gasteiger charge is -2.37. The number of anilines is 1. The fourth-order valence-corrected chi connectivity index (χ4v) is 5.00. The minimum atomic E-state index is -4.35. The summed E-state index contributed by atoms with van der Waals surface area (Å²) in [7, 11) is 0. The first-order valence-electron chi connectivity index (χ1n) is 11.1. The van der Waals surface area contributed by atoms with Crippen molar-refractivity contribution in [1.82, 2.24) is 4.90 Å². The Kier molecular flexibility index (Phi) is 7.82. The Morgan fingerprint density at radius 2 is 1.84 bits per heavy atom. The minimum absolute atomic E-state index is 0.247. The van der Waals surface area contributed by atoms with Crippen LogP contribution in [0.15, 0.2) is 24.3 Å². The lowest BCUT2D eigenvalue weighted by molar-refractivity contribution is -0.158. The molecule has 31 heavy (non-hydrogen) atoms. The van der Waals surface area contributed by atoms with Crippen LogP contribution in [0.3, 0.4) is 0 Å². The van der Waals surface area contributed by atoms with Crippen LogP contribution in [0.2, 0.25) is 0 Å². The molecule has 8 heteroatoms. The SMILES string of the molecule is N#Cc1cccc(N2CCN(CCC3CCC(C(CC(F)(F)F)C(N)=O)CC3)CC2)c1. The third-order valence-electron chi connectivity index (χ3n) is 6.84. The van der Waals surface area contributed by atoms with Crippen molar-refractivity contribution >= 4 is 11.6 Å². The molecule has 1 heterocycles. The molecule has 0 bridgehead atoms. The number of alkyl halides is 3. The Hall–Kier alpha value is -2.27. The Morgan fingerprint density at radius 3 is 2.42 bits per heavy atom. The van der Waals surface area contributed by atoms with Crippen LogP contribution in [-0.2, 0) is 4.79 Å². The second-order valence-electron chi connectivity index (χ2n) is 8.89. The average Bonchev–Trinajstić information content (AvgIpc) is 2.76. The summed E-state index contributed by atoms with van der Waals surface area (Å²) in [5.74, 6) is -1.66. The van der Waals surface area contributed by atoms with Gasteiger partial charge in [-0.25, -0.2) is 0 Å². The summed E-state index contributed by atoms with van der Waals surface area (Å²) in [5.41, 5.74) is 7.02. The van der Waals surface area contributed by atoms with Crippen LogP contribution in [0.5, 0.6) is 0 Å². The first-order chi connectivity index (χ1) is 14.7. The van der Waals surface area contributed by atoms with Gasteiger partial charge in [0.2, 0.25) is 5.91 Å². The second kappa shape index (κ2) is 10.4. The minimum Gasteiger partial charge on any atom is -0.369 e. The molecule has 1 unspecified atom stereocenters. The van der Waals surface area contributed by atoms with Crippen molar-refractivity contribution in [1.29, 1.82) is 5.26 Å². The number of piperazine rings is 1. The molecule has 1 atom stereocenters. The highest BCUT2D eigenvalue weighted by atomic mass is 19.4. The Balaban J connectivity index is 1.39. The molecule has 1 aromatic carbocycles. The predicted octanol–water partition coefficient (Wildman–Crippen LogP) is 3.93. The number of hydrogen-bond donors (Lipinski definition) is 1. The van der Waals surface area contributed by atoms with Crippen LogP contribution >= 0.6 is 0 Å². The first kappa shape index (κ1) is 23.4. The van der Waals surface area contributed by atoms with E-state index in [1.807, 2.05) is 24.3 Å². The normalized spacial score (nSPS) is 23.9. The van der Waals surface area contributed by atoms with E-state index in [0.717, 1.165) is 57.7 Å². The second-order valence-corrected chi connectivity index (χ2v) is 8.89. The van der Waals surface area contributed by atoms with Crippen LogP contribution in [-0.4, -0.2) is 49.7 Å². The average molecular weight is 437 g/mol. The summed E-state index contributed by atoms with van der Waals surface area (Å²) >= 11 is 0. The molecule has 5 nitrogen and oxygen atoms in total. The molecule has 0 radical (unpaired) electrons. The fraction of sp³-hybridized carbons (Fsp3) is 0.652. The molecule has 0 spiro atoms. The lowest BCUT2D eigenvalue weighted by atomic mass is 9.73. The fourth-order valence-electron chi connectivity index (χ4n) is 5.00. The molecular formula is C23H31F3N4O. The van der Waals surface area contributed by atoms with Crippen LogP contribution in [0, 0.1) is 29.1 Å². The summed E-state index contributed by atoms with van der Waals surface area (Å²) in [4.78, 5) is 16.3. The molecule has 2 aliphatic rings. The van der Waals surface area contributed by atoms with Crippen molar-refractivity contribution in [2.75, 3.05) is 37.6 Å². The molecule has 1 aromatic rings. The Labute approximate surface area is 182 Å². The van der Waals surface area contributed by atoms with Crippen LogP contribution < -0.4 is 10.6 Å². The number of hydrogen-bond acceptors (Lipinski definition) is 4. The molecule has 3 rings (SSSR count). The van der Waals surface area contributed by atoms with Crippen LogP contribution in [0.1, 0.15) is 44.1 Å². The third kappa shape index (κ3) is 6.86. The highest BCUT2D eigenvalue weighted by molar-refractivity contribution is 5.77. The van der Waals surface area contributed by atoms with E-state index < -0.39 is 24.4 Å². The zero-order valence-corrected chi connectivity index (χ0v) is 17.8. The number of primary amides is 1. The lowest BCUT2D eigenvalue weighted by Crippen LogP contribution is -2.47. The van der Waals surface area contributed by atoms with Gasteiger partial charge in [-0.1, -0.05) is 18.9 Å². The maximum Gasteiger partial charge on any atom is 0.389 e. The maximum absolute atomic E-state index is 12.8. The van der Waals surface area contributed by atoms with Crippen molar-refractivity contribution in [3.8, 4) is 6.07 Å². The van der Waals surface area contributed by atoms with Gasteiger partial charge in [0, 0.05) is 37.8 Å². The first-order valence-corrected chi connectivity index (χ1v) is 11.1. The van der Waals surface area contributed by atoms with E-state index >= 15 is 0 Å². The molecule has 2 N–H and O–H groups in total. The van der Waals surface area contributed by atoms with Gasteiger partial charge in [0.1, 0.15) is 0 Å². The molecule has 2 fully saturated rings. The van der Waals surface area contributed by atoms with Crippen molar-refractivity contribution in [3.05, 3.63) is 29.8 Å². The van der Waals surface area contributed by atoms with Gasteiger partial charge in [-0.05, 0) is 55.8 Å². The number of benzene rings is 1. The predicted molar refractivity (Wildman–Crippen MR) is 113 cm³/mol. The van der Waals surface area contributed by atoms with Gasteiger partial charge in [-0.2, -0.15) is 18.4 Å². The van der Waals surface area contributed by atoms with E-state index in [-0.39, 0.29) is 5.92 Å². The standard InChI is InChI=1S/C23H31F3N4O/c24-23(25,26)15-21(22(28)31)19-6-4-17(5-7-19)8-9-29-10-12-30(13-11-29)20-3-1-2-18(14-20)16-27/h1-3,14,17,19,21H,4-13,15H2,(H2,28,31). The quantitative estimate of drug-likeness (QED) is 0.703. The van der Waals surface area contributed by atoms with E-state index in [9.17, 15) is 18.0 Å². The summed E-state index contributed by atoms with van der Waals surface area (Å²) in [6.07, 6.45) is -1.37. The molecule has 1 saturated heterocycles. The van der Waals surface area contributed by atoms with Crippen molar-refractivity contribution in [3.63, 3.8) is 0 Å².